The maximum atomic E-state index is 12.5. The SMILES string of the molecule is CCCNC(=O)c1c(N)c2cccc(-c3cncc(OC)n3)c2[nH]c1=O. The van der Waals surface area contributed by atoms with E-state index < -0.39 is 11.5 Å². The molecule has 8 nitrogen and oxygen atoms in total. The first-order chi connectivity index (χ1) is 12.6. The number of H-pyrrole nitrogens is 1. The fourth-order valence-corrected chi connectivity index (χ4v) is 2.69. The van der Waals surface area contributed by atoms with Crippen molar-refractivity contribution in [2.45, 2.75) is 13.3 Å². The van der Waals surface area contributed by atoms with Crippen molar-refractivity contribution in [3.8, 4) is 17.1 Å². The largest absolute Gasteiger partial charge is 0.480 e. The second kappa shape index (κ2) is 7.22. The molecular formula is C18H19N5O3. The number of nitrogen functional groups attached to an aromatic ring is 1. The van der Waals surface area contributed by atoms with Crippen LogP contribution < -0.4 is 21.3 Å². The molecule has 0 unspecified atom stereocenters. The van der Waals surface area contributed by atoms with Gasteiger partial charge in [0.25, 0.3) is 11.5 Å². The number of rotatable bonds is 5. The van der Waals surface area contributed by atoms with Crippen molar-refractivity contribution in [3.05, 3.63) is 46.5 Å². The number of fused-ring (bicyclic) bond motifs is 1. The molecule has 8 heteroatoms. The molecule has 3 rings (SSSR count). The first-order valence-corrected chi connectivity index (χ1v) is 8.15. The van der Waals surface area contributed by atoms with E-state index in [-0.39, 0.29) is 11.3 Å². The maximum absolute atomic E-state index is 12.5. The lowest BCUT2D eigenvalue weighted by molar-refractivity contribution is 0.0953. The van der Waals surface area contributed by atoms with Crippen LogP contribution in [0.2, 0.25) is 0 Å². The van der Waals surface area contributed by atoms with Gasteiger partial charge in [-0.15, -0.1) is 0 Å². The van der Waals surface area contributed by atoms with Gasteiger partial charge in [-0.1, -0.05) is 25.1 Å². The van der Waals surface area contributed by atoms with Gasteiger partial charge in [0, 0.05) is 17.5 Å². The molecule has 134 valence electrons. The fourth-order valence-electron chi connectivity index (χ4n) is 2.69. The molecule has 4 N–H and O–H groups in total. The highest BCUT2D eigenvalue weighted by molar-refractivity contribution is 6.08. The minimum absolute atomic E-state index is 0.0835. The molecule has 26 heavy (non-hydrogen) atoms. The monoisotopic (exact) mass is 353 g/mol. The van der Waals surface area contributed by atoms with Crippen molar-refractivity contribution >= 4 is 22.5 Å². The van der Waals surface area contributed by atoms with Crippen molar-refractivity contribution in [3.63, 3.8) is 0 Å². The van der Waals surface area contributed by atoms with Crippen LogP contribution in [-0.4, -0.2) is 34.5 Å². The Morgan fingerprint density at radius 1 is 1.35 bits per heavy atom. The van der Waals surface area contributed by atoms with E-state index in [2.05, 4.69) is 20.3 Å². The van der Waals surface area contributed by atoms with Gasteiger partial charge >= 0.3 is 0 Å². The summed E-state index contributed by atoms with van der Waals surface area (Å²) in [4.78, 5) is 36.0. The lowest BCUT2D eigenvalue weighted by Crippen LogP contribution is -2.31. The number of benzene rings is 1. The molecule has 0 radical (unpaired) electrons. The Morgan fingerprint density at radius 2 is 2.15 bits per heavy atom. The molecule has 1 aromatic carbocycles. The first kappa shape index (κ1) is 17.4. The molecule has 0 bridgehead atoms. The molecule has 3 aromatic rings. The van der Waals surface area contributed by atoms with Crippen molar-refractivity contribution < 1.29 is 9.53 Å². The minimum atomic E-state index is -0.549. The fraction of sp³-hybridized carbons (Fsp3) is 0.222. The summed E-state index contributed by atoms with van der Waals surface area (Å²) in [6.07, 6.45) is 3.81. The zero-order valence-electron chi connectivity index (χ0n) is 14.5. The quantitative estimate of drug-likeness (QED) is 0.642. The number of pyridine rings is 1. The van der Waals surface area contributed by atoms with Crippen LogP contribution in [0.1, 0.15) is 23.7 Å². The molecule has 0 fully saturated rings. The maximum Gasteiger partial charge on any atom is 0.263 e. The van der Waals surface area contributed by atoms with Crippen molar-refractivity contribution in [1.82, 2.24) is 20.3 Å². The summed E-state index contributed by atoms with van der Waals surface area (Å²) in [5.74, 6) is -0.135. The molecular weight excluding hydrogens is 334 g/mol. The number of ether oxygens (including phenoxy) is 1. The average molecular weight is 353 g/mol. The molecule has 0 aliphatic rings. The van der Waals surface area contributed by atoms with Gasteiger partial charge < -0.3 is 20.8 Å². The van der Waals surface area contributed by atoms with E-state index >= 15 is 0 Å². The number of methoxy groups -OCH3 is 1. The molecule has 0 spiro atoms. The number of amides is 1. The van der Waals surface area contributed by atoms with Crippen molar-refractivity contribution in [2.75, 3.05) is 19.4 Å². The molecule has 0 aliphatic heterocycles. The van der Waals surface area contributed by atoms with Gasteiger partial charge in [-0.2, -0.15) is 0 Å². The third kappa shape index (κ3) is 3.08. The van der Waals surface area contributed by atoms with Gasteiger partial charge in [0.2, 0.25) is 5.88 Å². The number of aromatic nitrogens is 3. The Morgan fingerprint density at radius 3 is 2.88 bits per heavy atom. The van der Waals surface area contributed by atoms with Crippen LogP contribution in [0.4, 0.5) is 5.69 Å². The van der Waals surface area contributed by atoms with E-state index in [0.29, 0.717) is 34.6 Å². The summed E-state index contributed by atoms with van der Waals surface area (Å²) in [6, 6.07) is 5.31. The van der Waals surface area contributed by atoms with Crippen LogP contribution in [0.5, 0.6) is 5.88 Å². The number of hydrogen-bond donors (Lipinski definition) is 3. The van der Waals surface area contributed by atoms with Crippen LogP contribution in [0.25, 0.3) is 22.2 Å². The van der Waals surface area contributed by atoms with E-state index in [1.54, 1.807) is 24.4 Å². The Labute approximate surface area is 149 Å². The molecule has 0 atom stereocenters. The number of aromatic amines is 1. The van der Waals surface area contributed by atoms with Crippen LogP contribution >= 0.6 is 0 Å². The van der Waals surface area contributed by atoms with Crippen LogP contribution in [0.15, 0.2) is 35.4 Å². The number of carbonyl (C=O) groups is 1. The van der Waals surface area contributed by atoms with Gasteiger partial charge in [0.1, 0.15) is 5.56 Å². The highest BCUT2D eigenvalue weighted by atomic mass is 16.5. The molecule has 2 heterocycles. The third-order valence-corrected chi connectivity index (χ3v) is 3.95. The van der Waals surface area contributed by atoms with Gasteiger partial charge in [0.15, 0.2) is 0 Å². The Bertz CT molecular complexity index is 1030. The topological polar surface area (TPSA) is 123 Å². The Hall–Kier alpha value is -3.42. The highest BCUT2D eigenvalue weighted by Crippen LogP contribution is 2.29. The number of hydrogen-bond acceptors (Lipinski definition) is 6. The zero-order chi connectivity index (χ0) is 18.7. The number of nitrogens with zero attached hydrogens (tertiary/aromatic N) is 2. The molecule has 0 saturated heterocycles. The Balaban J connectivity index is 2.20. The molecule has 0 saturated carbocycles. The van der Waals surface area contributed by atoms with Gasteiger partial charge in [-0.25, -0.2) is 4.98 Å². The smallest absolute Gasteiger partial charge is 0.263 e. The summed E-state index contributed by atoms with van der Waals surface area (Å²) in [7, 11) is 1.50. The van der Waals surface area contributed by atoms with E-state index in [1.165, 1.54) is 13.3 Å². The second-order valence-corrected chi connectivity index (χ2v) is 5.67. The first-order valence-electron chi connectivity index (χ1n) is 8.15. The molecule has 0 aliphatic carbocycles. The second-order valence-electron chi connectivity index (χ2n) is 5.67. The number of nitrogens with one attached hydrogen (secondary N) is 2. The van der Waals surface area contributed by atoms with Crippen molar-refractivity contribution in [2.24, 2.45) is 0 Å². The highest BCUT2D eigenvalue weighted by Gasteiger charge is 2.19. The van der Waals surface area contributed by atoms with Gasteiger partial charge in [-0.3, -0.25) is 14.6 Å². The normalized spacial score (nSPS) is 10.7. The van der Waals surface area contributed by atoms with Gasteiger partial charge in [0.05, 0.1) is 36.4 Å². The number of anilines is 1. The van der Waals surface area contributed by atoms with Crippen LogP contribution in [0, 0.1) is 0 Å². The van der Waals surface area contributed by atoms with Crippen LogP contribution in [0.3, 0.4) is 0 Å². The Kier molecular flexibility index (Phi) is 4.83. The number of para-hydroxylation sites is 1. The van der Waals surface area contributed by atoms with Gasteiger partial charge in [-0.05, 0) is 6.42 Å². The minimum Gasteiger partial charge on any atom is -0.480 e. The summed E-state index contributed by atoms with van der Waals surface area (Å²) in [5, 5.41) is 3.24. The predicted octanol–water partition coefficient (Wildman–Crippen LogP) is 1.72. The summed E-state index contributed by atoms with van der Waals surface area (Å²) in [6.45, 7) is 2.39. The predicted molar refractivity (Wildman–Crippen MR) is 99.2 cm³/mol. The standard InChI is InChI=1S/C18H19N5O3/c1-3-7-21-17(24)14-15(19)11-6-4-5-10(16(11)23-18(14)25)12-8-20-9-13(22-12)26-2/h4-6,8-9H,3,7H2,1-2H3,(H,21,24)(H3,19,23,25). The lowest BCUT2D eigenvalue weighted by Gasteiger charge is -2.12. The number of carbonyl (C=O) groups excluding carboxylic acids is 1. The zero-order valence-corrected chi connectivity index (χ0v) is 14.5. The summed E-state index contributed by atoms with van der Waals surface area (Å²) >= 11 is 0. The molecule has 1 amide bonds. The summed E-state index contributed by atoms with van der Waals surface area (Å²) < 4.78 is 5.10. The van der Waals surface area contributed by atoms with E-state index in [9.17, 15) is 9.59 Å². The lowest BCUT2D eigenvalue weighted by atomic mass is 10.0. The van der Waals surface area contributed by atoms with Crippen molar-refractivity contribution in [1.29, 1.82) is 0 Å². The summed E-state index contributed by atoms with van der Waals surface area (Å²) in [5.41, 5.74) is 7.30. The van der Waals surface area contributed by atoms with E-state index in [1.807, 2.05) is 6.92 Å². The third-order valence-electron chi connectivity index (χ3n) is 3.95. The van der Waals surface area contributed by atoms with E-state index in [0.717, 1.165) is 6.42 Å². The molecule has 2 aromatic heterocycles. The van der Waals surface area contributed by atoms with E-state index in [4.69, 9.17) is 10.5 Å². The number of nitrogens with two attached hydrogens (primary N) is 1. The van der Waals surface area contributed by atoms with Crippen LogP contribution in [-0.2, 0) is 0 Å². The average Bonchev–Trinajstić information content (AvgIpc) is 2.66.